The van der Waals surface area contributed by atoms with E-state index in [0.29, 0.717) is 12.1 Å². The van der Waals surface area contributed by atoms with Gasteiger partial charge in [-0.25, -0.2) is 0 Å². The molecule has 0 spiro atoms. The van der Waals surface area contributed by atoms with E-state index in [4.69, 9.17) is 0 Å². The number of carbonyl (C=O) groups is 1. The summed E-state index contributed by atoms with van der Waals surface area (Å²) in [7, 11) is 0. The predicted molar refractivity (Wildman–Crippen MR) is 120 cm³/mol. The summed E-state index contributed by atoms with van der Waals surface area (Å²) < 4.78 is 0. The number of carbonyl (C=O) groups excluding carboxylic acids is 1. The third-order valence-electron chi connectivity index (χ3n) is 5.34. The molecule has 0 unspecified atom stereocenters. The predicted octanol–water partition coefficient (Wildman–Crippen LogP) is 4.71. The lowest BCUT2D eigenvalue weighted by Gasteiger charge is -2.16. The van der Waals surface area contributed by atoms with E-state index in [9.17, 15) is 4.79 Å². The van der Waals surface area contributed by atoms with Gasteiger partial charge in [0.05, 0.1) is 0 Å². The van der Waals surface area contributed by atoms with Crippen LogP contribution in [0.4, 0.5) is 0 Å². The summed E-state index contributed by atoms with van der Waals surface area (Å²) in [6.07, 6.45) is 5.39. The van der Waals surface area contributed by atoms with Crippen molar-refractivity contribution in [2.45, 2.75) is 52.5 Å². The van der Waals surface area contributed by atoms with E-state index >= 15 is 0 Å². The van der Waals surface area contributed by atoms with Crippen molar-refractivity contribution in [2.75, 3.05) is 19.6 Å². The first-order valence-electron chi connectivity index (χ1n) is 10.8. The Bertz CT molecular complexity index is 885. The van der Waals surface area contributed by atoms with Gasteiger partial charge in [-0.3, -0.25) is 9.69 Å². The highest BCUT2D eigenvalue weighted by molar-refractivity contribution is 5.94. The van der Waals surface area contributed by atoms with Crippen molar-refractivity contribution in [3.05, 3.63) is 70.3 Å². The Kier molecular flexibility index (Phi) is 7.90. The van der Waals surface area contributed by atoms with E-state index in [1.165, 1.54) is 37.1 Å². The lowest BCUT2D eigenvalue weighted by Crippen LogP contribution is -2.26. The monoisotopic (exact) mass is 388 g/mol. The molecule has 2 aromatic carbocycles. The Morgan fingerprint density at radius 3 is 2.72 bits per heavy atom. The fraction of sp³-hybridized carbons (Fsp3) is 0.423. The molecule has 3 nitrogen and oxygen atoms in total. The third-order valence-corrected chi connectivity index (χ3v) is 5.34. The number of amides is 1. The number of hydrogen-bond donors (Lipinski definition) is 1. The molecule has 0 bridgehead atoms. The van der Waals surface area contributed by atoms with Crippen LogP contribution < -0.4 is 5.32 Å². The molecule has 2 aromatic rings. The van der Waals surface area contributed by atoms with Crippen molar-refractivity contribution in [1.29, 1.82) is 0 Å². The Hall–Kier alpha value is -2.57. The van der Waals surface area contributed by atoms with Crippen molar-refractivity contribution in [1.82, 2.24) is 10.2 Å². The van der Waals surface area contributed by atoms with Crippen LogP contribution in [0.3, 0.4) is 0 Å². The van der Waals surface area contributed by atoms with E-state index in [-0.39, 0.29) is 5.91 Å². The number of hydrogen-bond acceptors (Lipinski definition) is 2. The number of unbranched alkanes of at least 4 members (excludes halogenated alkanes) is 1. The SMILES string of the molecule is CCCC#Cc1cc(CN2CCCC2)ccc1CCNC(=O)c1cccc(C)c1. The zero-order valence-electron chi connectivity index (χ0n) is 17.8. The second-order valence-corrected chi connectivity index (χ2v) is 7.90. The molecular weight excluding hydrogens is 356 g/mol. The Morgan fingerprint density at radius 1 is 1.14 bits per heavy atom. The number of likely N-dealkylation sites (tertiary alicyclic amines) is 1. The van der Waals surface area contributed by atoms with Gasteiger partial charge in [-0.05, 0) is 75.0 Å². The fourth-order valence-corrected chi connectivity index (χ4v) is 3.74. The smallest absolute Gasteiger partial charge is 0.251 e. The van der Waals surface area contributed by atoms with Crippen molar-refractivity contribution in [3.8, 4) is 11.8 Å². The average molecular weight is 389 g/mol. The normalized spacial score (nSPS) is 13.7. The van der Waals surface area contributed by atoms with E-state index in [1.54, 1.807) is 0 Å². The lowest BCUT2D eigenvalue weighted by atomic mass is 10.0. The van der Waals surface area contributed by atoms with E-state index in [1.807, 2.05) is 31.2 Å². The fourth-order valence-electron chi connectivity index (χ4n) is 3.74. The van der Waals surface area contributed by atoms with Crippen LogP contribution in [0.5, 0.6) is 0 Å². The van der Waals surface area contributed by atoms with Gasteiger partial charge in [-0.1, -0.05) is 48.6 Å². The van der Waals surface area contributed by atoms with Crippen LogP contribution in [-0.2, 0) is 13.0 Å². The lowest BCUT2D eigenvalue weighted by molar-refractivity contribution is 0.0954. The van der Waals surface area contributed by atoms with Crippen molar-refractivity contribution in [3.63, 3.8) is 0 Å². The first-order valence-corrected chi connectivity index (χ1v) is 10.8. The molecule has 0 aliphatic carbocycles. The molecule has 0 radical (unpaired) electrons. The Labute approximate surface area is 175 Å². The van der Waals surface area contributed by atoms with Crippen LogP contribution in [0, 0.1) is 18.8 Å². The molecule has 1 fully saturated rings. The van der Waals surface area contributed by atoms with Gasteiger partial charge in [0, 0.05) is 30.6 Å². The second-order valence-electron chi connectivity index (χ2n) is 7.90. The summed E-state index contributed by atoms with van der Waals surface area (Å²) in [5.74, 6) is 6.65. The van der Waals surface area contributed by atoms with E-state index in [0.717, 1.165) is 36.9 Å². The molecule has 3 rings (SSSR count). The number of nitrogens with zero attached hydrogens (tertiary/aromatic N) is 1. The maximum Gasteiger partial charge on any atom is 0.251 e. The summed E-state index contributed by atoms with van der Waals surface area (Å²) in [6, 6.07) is 14.4. The first kappa shape index (κ1) is 21.1. The summed E-state index contributed by atoms with van der Waals surface area (Å²) in [6.45, 7) is 8.17. The molecular formula is C26H32N2O. The molecule has 1 aliphatic heterocycles. The topological polar surface area (TPSA) is 32.3 Å². The number of benzene rings is 2. The summed E-state index contributed by atoms with van der Waals surface area (Å²) in [4.78, 5) is 14.9. The van der Waals surface area contributed by atoms with Crippen LogP contribution in [0.2, 0.25) is 0 Å². The Balaban J connectivity index is 1.65. The van der Waals surface area contributed by atoms with Gasteiger partial charge in [-0.15, -0.1) is 0 Å². The van der Waals surface area contributed by atoms with Crippen LogP contribution in [0.15, 0.2) is 42.5 Å². The third kappa shape index (κ3) is 6.48. The quantitative estimate of drug-likeness (QED) is 0.697. The maximum absolute atomic E-state index is 12.4. The zero-order valence-corrected chi connectivity index (χ0v) is 17.8. The largest absolute Gasteiger partial charge is 0.352 e. The number of nitrogens with one attached hydrogen (secondary N) is 1. The summed E-state index contributed by atoms with van der Waals surface area (Å²) in [5, 5.41) is 3.05. The standard InChI is InChI=1S/C26H32N2O/c1-3-4-5-10-24-19-22(20-28-16-6-7-17-28)12-13-23(24)14-15-27-26(29)25-11-8-9-21(2)18-25/h8-9,11-13,18-19H,3-4,6-7,14-17,20H2,1-2H3,(H,27,29). The van der Waals surface area contributed by atoms with Gasteiger partial charge in [0.1, 0.15) is 0 Å². The van der Waals surface area contributed by atoms with Crippen molar-refractivity contribution < 1.29 is 4.79 Å². The summed E-state index contributed by atoms with van der Waals surface area (Å²) in [5.41, 5.74) is 5.47. The molecule has 152 valence electrons. The Morgan fingerprint density at radius 2 is 1.97 bits per heavy atom. The van der Waals surface area contributed by atoms with Crippen LogP contribution in [0.1, 0.15) is 65.2 Å². The molecule has 1 amide bonds. The van der Waals surface area contributed by atoms with Gasteiger partial charge >= 0.3 is 0 Å². The average Bonchev–Trinajstić information content (AvgIpc) is 3.22. The molecule has 1 N–H and O–H groups in total. The molecule has 0 atom stereocenters. The maximum atomic E-state index is 12.4. The molecule has 1 heterocycles. The minimum atomic E-state index is -0.0158. The summed E-state index contributed by atoms with van der Waals surface area (Å²) >= 11 is 0. The zero-order chi connectivity index (χ0) is 20.5. The van der Waals surface area contributed by atoms with Crippen LogP contribution in [-0.4, -0.2) is 30.4 Å². The molecule has 0 aromatic heterocycles. The van der Waals surface area contributed by atoms with Crippen molar-refractivity contribution in [2.24, 2.45) is 0 Å². The highest BCUT2D eigenvalue weighted by Crippen LogP contribution is 2.17. The highest BCUT2D eigenvalue weighted by Gasteiger charge is 2.13. The molecule has 1 saturated heterocycles. The van der Waals surface area contributed by atoms with Crippen molar-refractivity contribution >= 4 is 5.91 Å². The molecule has 0 saturated carbocycles. The van der Waals surface area contributed by atoms with Gasteiger partial charge < -0.3 is 5.32 Å². The molecule has 1 aliphatic rings. The van der Waals surface area contributed by atoms with E-state index in [2.05, 4.69) is 47.2 Å². The molecule has 3 heteroatoms. The van der Waals surface area contributed by atoms with Gasteiger partial charge in [0.25, 0.3) is 5.91 Å². The second kappa shape index (κ2) is 10.8. The van der Waals surface area contributed by atoms with Gasteiger partial charge in [0.15, 0.2) is 0 Å². The molecule has 29 heavy (non-hydrogen) atoms. The van der Waals surface area contributed by atoms with Crippen LogP contribution in [0.25, 0.3) is 0 Å². The van der Waals surface area contributed by atoms with Crippen LogP contribution >= 0.6 is 0 Å². The minimum absolute atomic E-state index is 0.0158. The van der Waals surface area contributed by atoms with E-state index < -0.39 is 0 Å². The number of rotatable bonds is 7. The van der Waals surface area contributed by atoms with Gasteiger partial charge in [-0.2, -0.15) is 0 Å². The highest BCUT2D eigenvalue weighted by atomic mass is 16.1. The van der Waals surface area contributed by atoms with Gasteiger partial charge in [0.2, 0.25) is 0 Å². The first-order chi connectivity index (χ1) is 14.2. The minimum Gasteiger partial charge on any atom is -0.352 e. The number of aryl methyl sites for hydroxylation is 1.